The maximum absolute atomic E-state index is 12.4. The predicted octanol–water partition coefficient (Wildman–Crippen LogP) is 6.54. The van der Waals surface area contributed by atoms with Gasteiger partial charge in [-0.1, -0.05) is 78.9 Å². The van der Waals surface area contributed by atoms with Gasteiger partial charge in [0, 0.05) is 5.39 Å². The topological polar surface area (TPSA) is 66.8 Å². The number of benzene rings is 4. The van der Waals surface area contributed by atoms with Crippen molar-refractivity contribution in [1.29, 1.82) is 0 Å². The van der Waals surface area contributed by atoms with Crippen molar-refractivity contribution in [1.82, 2.24) is 0 Å². The van der Waals surface area contributed by atoms with Crippen molar-refractivity contribution in [3.05, 3.63) is 101 Å². The van der Waals surface area contributed by atoms with Gasteiger partial charge in [0.15, 0.2) is 0 Å². The molecule has 4 aromatic carbocycles. The number of fused-ring (bicyclic) bond motifs is 1. The Hall–Kier alpha value is -3.48. The zero-order chi connectivity index (χ0) is 25.1. The Bertz CT molecular complexity index is 1400. The molecular weight excluding hydrogens is 458 g/mol. The highest BCUT2D eigenvalue weighted by atomic mass is 32.2. The summed E-state index contributed by atoms with van der Waals surface area (Å²) < 4.78 is 29.0. The Balaban J connectivity index is 1.66. The Morgan fingerprint density at radius 3 is 2.37 bits per heavy atom. The summed E-state index contributed by atoms with van der Waals surface area (Å²) in [6.07, 6.45) is 0. The number of carbonyl (C=O) groups excluding carboxylic acids is 1. The predicted molar refractivity (Wildman–Crippen MR) is 143 cm³/mol. The standard InChI is InChI=1S/C29H29NO4S/c1-19-12-15-23-8-5-6-9-27(23)28(19)30(35(32)33)18-22-13-16-24(17-14-22)26-11-7-10-25(20(26)2)21(3)29(31)34-4/h5-17,21H,18H2,1-4H3,(H,32,33). The van der Waals surface area contributed by atoms with Gasteiger partial charge in [-0.05, 0) is 59.5 Å². The Kier molecular flexibility index (Phi) is 7.34. The van der Waals surface area contributed by atoms with Crippen molar-refractivity contribution in [3.8, 4) is 11.1 Å². The van der Waals surface area contributed by atoms with Crippen LogP contribution in [0.2, 0.25) is 0 Å². The lowest BCUT2D eigenvalue weighted by Gasteiger charge is -2.24. The van der Waals surface area contributed by atoms with Crippen molar-refractivity contribution >= 4 is 33.7 Å². The molecule has 0 saturated carbocycles. The second kappa shape index (κ2) is 10.4. The molecule has 0 fully saturated rings. The summed E-state index contributed by atoms with van der Waals surface area (Å²) >= 11 is -2.19. The number of carbonyl (C=O) groups is 1. The van der Waals surface area contributed by atoms with Gasteiger partial charge in [0.25, 0.3) is 11.3 Å². The zero-order valence-electron chi connectivity index (χ0n) is 20.3. The molecule has 0 aliphatic carbocycles. The first-order valence-electron chi connectivity index (χ1n) is 11.4. The average molecular weight is 488 g/mol. The number of rotatable bonds is 7. The summed E-state index contributed by atoms with van der Waals surface area (Å²) in [6.45, 7) is 6.10. The van der Waals surface area contributed by atoms with Crippen LogP contribution in [0.3, 0.4) is 0 Å². The maximum Gasteiger partial charge on any atom is 0.312 e. The SMILES string of the molecule is COC(=O)C(C)c1cccc(-c2ccc(CN(c3c(C)ccc4ccccc34)S(=O)O)cc2)c1C. The van der Waals surface area contributed by atoms with Crippen LogP contribution in [0.15, 0.2) is 78.9 Å². The fourth-order valence-electron chi connectivity index (χ4n) is 4.60. The molecule has 0 heterocycles. The van der Waals surface area contributed by atoms with Gasteiger partial charge >= 0.3 is 5.97 Å². The van der Waals surface area contributed by atoms with Crippen LogP contribution in [0, 0.1) is 13.8 Å². The van der Waals surface area contributed by atoms with Crippen LogP contribution >= 0.6 is 0 Å². The Labute approximate surface area is 208 Å². The van der Waals surface area contributed by atoms with E-state index in [1.54, 1.807) is 0 Å². The summed E-state index contributed by atoms with van der Waals surface area (Å²) in [6, 6.07) is 25.8. The van der Waals surface area contributed by atoms with Crippen molar-refractivity contribution in [2.24, 2.45) is 0 Å². The van der Waals surface area contributed by atoms with Crippen LogP contribution in [0.1, 0.15) is 35.1 Å². The van der Waals surface area contributed by atoms with E-state index in [-0.39, 0.29) is 18.4 Å². The number of esters is 1. The van der Waals surface area contributed by atoms with Gasteiger partial charge < -0.3 is 4.74 Å². The Morgan fingerprint density at radius 1 is 0.971 bits per heavy atom. The molecule has 35 heavy (non-hydrogen) atoms. The van der Waals surface area contributed by atoms with Crippen molar-refractivity contribution < 1.29 is 18.3 Å². The zero-order valence-corrected chi connectivity index (χ0v) is 21.1. The molecule has 4 aromatic rings. The van der Waals surface area contributed by atoms with Crippen LogP contribution in [-0.4, -0.2) is 21.8 Å². The molecular formula is C29H29NO4S. The lowest BCUT2D eigenvalue weighted by Crippen LogP contribution is -2.25. The molecule has 2 atom stereocenters. The smallest absolute Gasteiger partial charge is 0.312 e. The fourth-order valence-corrected chi connectivity index (χ4v) is 5.26. The molecule has 1 N–H and O–H groups in total. The summed E-state index contributed by atoms with van der Waals surface area (Å²) in [7, 11) is 1.40. The van der Waals surface area contributed by atoms with Gasteiger partial charge in [-0.2, -0.15) is 0 Å². The van der Waals surface area contributed by atoms with E-state index in [0.29, 0.717) is 0 Å². The number of methoxy groups -OCH3 is 1. The minimum atomic E-state index is -2.19. The second-order valence-corrected chi connectivity index (χ2v) is 9.58. The highest BCUT2D eigenvalue weighted by molar-refractivity contribution is 7.80. The first kappa shape index (κ1) is 24.6. The van der Waals surface area contributed by atoms with Gasteiger partial charge in [0.1, 0.15) is 0 Å². The van der Waals surface area contributed by atoms with Gasteiger partial charge in [-0.15, -0.1) is 0 Å². The van der Waals surface area contributed by atoms with Gasteiger partial charge in [0.05, 0.1) is 25.3 Å². The average Bonchev–Trinajstić information content (AvgIpc) is 2.87. The Morgan fingerprint density at radius 2 is 1.69 bits per heavy atom. The fraction of sp³-hybridized carbons (Fsp3) is 0.207. The molecule has 0 aromatic heterocycles. The van der Waals surface area contributed by atoms with Gasteiger partial charge in [-0.3, -0.25) is 13.7 Å². The molecule has 0 radical (unpaired) electrons. The van der Waals surface area contributed by atoms with E-state index < -0.39 is 11.3 Å². The minimum absolute atomic E-state index is 0.263. The van der Waals surface area contributed by atoms with E-state index in [4.69, 9.17) is 4.74 Å². The summed E-state index contributed by atoms with van der Waals surface area (Å²) in [5, 5.41) is 1.97. The number of nitrogens with zero attached hydrogens (tertiary/aromatic N) is 1. The third kappa shape index (κ3) is 4.99. The van der Waals surface area contributed by atoms with Gasteiger partial charge in [-0.25, -0.2) is 4.21 Å². The largest absolute Gasteiger partial charge is 0.469 e. The molecule has 0 saturated heterocycles. The van der Waals surface area contributed by atoms with Crippen LogP contribution in [0.5, 0.6) is 0 Å². The third-order valence-electron chi connectivity index (χ3n) is 6.53. The third-order valence-corrected chi connectivity index (χ3v) is 7.22. The molecule has 2 unspecified atom stereocenters. The first-order chi connectivity index (χ1) is 16.8. The summed E-state index contributed by atoms with van der Waals surface area (Å²) in [5.74, 6) is -0.613. The molecule has 0 amide bonds. The van der Waals surface area contributed by atoms with Crippen LogP contribution in [0.4, 0.5) is 5.69 Å². The molecule has 4 rings (SSSR count). The molecule has 180 valence electrons. The van der Waals surface area contributed by atoms with E-state index in [9.17, 15) is 13.6 Å². The van der Waals surface area contributed by atoms with Crippen molar-refractivity contribution in [2.75, 3.05) is 11.4 Å². The lowest BCUT2D eigenvalue weighted by molar-refractivity contribution is -0.142. The number of hydrogen-bond acceptors (Lipinski definition) is 3. The number of aryl methyl sites for hydroxylation is 1. The summed E-state index contributed by atoms with van der Waals surface area (Å²) in [4.78, 5) is 12.1. The normalized spacial score (nSPS) is 12.8. The number of hydrogen-bond donors (Lipinski definition) is 1. The molecule has 0 aliphatic rings. The van der Waals surface area contributed by atoms with Crippen LogP contribution in [-0.2, 0) is 27.3 Å². The minimum Gasteiger partial charge on any atom is -0.469 e. The number of anilines is 1. The van der Waals surface area contributed by atoms with Crippen molar-refractivity contribution in [2.45, 2.75) is 33.2 Å². The molecule has 5 nitrogen and oxygen atoms in total. The van der Waals surface area contributed by atoms with E-state index in [1.165, 1.54) is 11.4 Å². The van der Waals surface area contributed by atoms with E-state index >= 15 is 0 Å². The summed E-state index contributed by atoms with van der Waals surface area (Å²) in [5.41, 5.74) is 6.64. The molecule has 0 spiro atoms. The lowest BCUT2D eigenvalue weighted by atomic mass is 9.90. The second-order valence-electron chi connectivity index (χ2n) is 8.68. The van der Waals surface area contributed by atoms with E-state index in [2.05, 4.69) is 0 Å². The highest BCUT2D eigenvalue weighted by Crippen LogP contribution is 2.34. The number of ether oxygens (including phenoxy) is 1. The maximum atomic E-state index is 12.4. The van der Waals surface area contributed by atoms with Crippen LogP contribution in [0.25, 0.3) is 21.9 Å². The van der Waals surface area contributed by atoms with E-state index in [1.807, 2.05) is 99.6 Å². The highest BCUT2D eigenvalue weighted by Gasteiger charge is 2.20. The van der Waals surface area contributed by atoms with Gasteiger partial charge in [0.2, 0.25) is 0 Å². The quantitative estimate of drug-likeness (QED) is 0.237. The van der Waals surface area contributed by atoms with Crippen molar-refractivity contribution in [3.63, 3.8) is 0 Å². The molecule has 0 bridgehead atoms. The first-order valence-corrected chi connectivity index (χ1v) is 12.5. The monoisotopic (exact) mass is 487 g/mol. The molecule has 6 heteroatoms. The van der Waals surface area contributed by atoms with E-state index in [0.717, 1.165) is 49.8 Å². The van der Waals surface area contributed by atoms with Crippen LogP contribution < -0.4 is 4.31 Å². The molecule has 0 aliphatic heterocycles.